The van der Waals surface area contributed by atoms with Gasteiger partial charge in [0.25, 0.3) is 6.43 Å². The number of likely N-dealkylation sites (tertiary alicyclic amines) is 1. The van der Waals surface area contributed by atoms with Gasteiger partial charge in [0, 0.05) is 36.9 Å². The van der Waals surface area contributed by atoms with Crippen LogP contribution in [0.1, 0.15) is 41.7 Å². The predicted octanol–water partition coefficient (Wildman–Crippen LogP) is 4.24. The first-order valence-corrected chi connectivity index (χ1v) is 10.2. The number of nitrogens with one attached hydrogen (secondary N) is 1. The van der Waals surface area contributed by atoms with Crippen LogP contribution in [0.15, 0.2) is 30.3 Å². The van der Waals surface area contributed by atoms with Crippen LogP contribution in [-0.2, 0) is 6.54 Å². The summed E-state index contributed by atoms with van der Waals surface area (Å²) in [5, 5.41) is 4.17. The van der Waals surface area contributed by atoms with E-state index in [0.717, 1.165) is 42.6 Å². The number of halogens is 2. The Kier molecular flexibility index (Phi) is 5.76. The highest BCUT2D eigenvalue weighted by molar-refractivity contribution is 5.89. The van der Waals surface area contributed by atoms with Crippen LogP contribution in [-0.4, -0.2) is 39.0 Å². The van der Waals surface area contributed by atoms with Crippen molar-refractivity contribution in [1.82, 2.24) is 19.9 Å². The van der Waals surface area contributed by atoms with Crippen LogP contribution in [0.4, 0.5) is 20.5 Å². The smallest absolute Gasteiger partial charge is 0.264 e. The van der Waals surface area contributed by atoms with Crippen LogP contribution in [0, 0.1) is 13.8 Å². The molecule has 0 aliphatic carbocycles. The standard InChI is InChI=1S/C22H26F2N6/c1-13-11-14(2)26-21-18(13)20(25)28-22(29-21)27-16-7-9-30(10-8-16)12-15-5-3-4-6-17(15)19(23)24/h3-6,11,16,19H,7-10,12H2,1-2H3,(H3,25,26,27,28,29). The number of pyridine rings is 1. The zero-order valence-electron chi connectivity index (χ0n) is 17.2. The molecule has 0 saturated carbocycles. The number of hydrogen-bond donors (Lipinski definition) is 2. The maximum absolute atomic E-state index is 13.2. The molecule has 0 atom stereocenters. The minimum Gasteiger partial charge on any atom is -0.383 e. The Morgan fingerprint density at radius 3 is 2.60 bits per heavy atom. The zero-order valence-corrected chi connectivity index (χ0v) is 17.2. The van der Waals surface area contributed by atoms with Gasteiger partial charge in [-0.15, -0.1) is 0 Å². The molecule has 158 valence electrons. The van der Waals surface area contributed by atoms with E-state index in [-0.39, 0.29) is 11.6 Å². The average molecular weight is 412 g/mol. The highest BCUT2D eigenvalue weighted by Gasteiger charge is 2.22. The molecule has 0 radical (unpaired) electrons. The maximum Gasteiger partial charge on any atom is 0.264 e. The van der Waals surface area contributed by atoms with Gasteiger partial charge in [-0.2, -0.15) is 9.97 Å². The Hall–Kier alpha value is -2.87. The van der Waals surface area contributed by atoms with Crippen LogP contribution in [0.3, 0.4) is 0 Å². The zero-order chi connectivity index (χ0) is 21.3. The molecule has 6 nitrogen and oxygen atoms in total. The van der Waals surface area contributed by atoms with Crippen LogP contribution < -0.4 is 11.1 Å². The van der Waals surface area contributed by atoms with E-state index in [1.807, 2.05) is 26.0 Å². The Morgan fingerprint density at radius 2 is 1.87 bits per heavy atom. The number of nitrogens with two attached hydrogens (primary N) is 1. The summed E-state index contributed by atoms with van der Waals surface area (Å²) in [6.07, 6.45) is -0.701. The molecule has 0 spiro atoms. The molecule has 30 heavy (non-hydrogen) atoms. The van der Waals surface area contributed by atoms with Gasteiger partial charge in [0.15, 0.2) is 5.65 Å². The minimum absolute atomic E-state index is 0.121. The van der Waals surface area contributed by atoms with Gasteiger partial charge in [-0.3, -0.25) is 4.90 Å². The third-order valence-electron chi connectivity index (χ3n) is 5.62. The van der Waals surface area contributed by atoms with Crippen molar-refractivity contribution >= 4 is 22.8 Å². The number of piperidine rings is 1. The fourth-order valence-corrected chi connectivity index (χ4v) is 4.12. The number of aromatic nitrogens is 3. The second-order valence-corrected chi connectivity index (χ2v) is 7.91. The minimum atomic E-state index is -2.45. The van der Waals surface area contributed by atoms with E-state index in [9.17, 15) is 8.78 Å². The monoisotopic (exact) mass is 412 g/mol. The van der Waals surface area contributed by atoms with E-state index in [2.05, 4.69) is 25.2 Å². The molecule has 3 aromatic rings. The molecule has 4 rings (SSSR count). The van der Waals surface area contributed by atoms with Crippen molar-refractivity contribution < 1.29 is 8.78 Å². The molecule has 0 unspecified atom stereocenters. The van der Waals surface area contributed by atoms with E-state index < -0.39 is 6.43 Å². The van der Waals surface area contributed by atoms with Crippen LogP contribution >= 0.6 is 0 Å². The molecule has 1 fully saturated rings. The molecule has 3 N–H and O–H groups in total. The van der Waals surface area contributed by atoms with Crippen LogP contribution in [0.25, 0.3) is 11.0 Å². The van der Waals surface area contributed by atoms with Gasteiger partial charge in [-0.05, 0) is 43.9 Å². The number of alkyl halides is 2. The molecule has 3 heterocycles. The summed E-state index contributed by atoms with van der Waals surface area (Å²) in [7, 11) is 0. The number of rotatable bonds is 5. The maximum atomic E-state index is 13.2. The summed E-state index contributed by atoms with van der Waals surface area (Å²) in [6, 6.07) is 8.94. The summed E-state index contributed by atoms with van der Waals surface area (Å²) in [4.78, 5) is 15.7. The SMILES string of the molecule is Cc1cc(C)c2c(N)nc(NC3CCN(Cc4ccccc4C(F)F)CC3)nc2n1. The van der Waals surface area contributed by atoms with Gasteiger partial charge in [-0.1, -0.05) is 24.3 Å². The Bertz CT molecular complexity index is 1050. The lowest BCUT2D eigenvalue weighted by Gasteiger charge is -2.32. The number of benzene rings is 1. The molecule has 8 heteroatoms. The highest BCUT2D eigenvalue weighted by atomic mass is 19.3. The van der Waals surface area contributed by atoms with Gasteiger partial charge in [0.2, 0.25) is 5.95 Å². The molecular formula is C22H26F2N6. The van der Waals surface area contributed by atoms with Crippen molar-refractivity contribution in [2.45, 2.75) is 45.7 Å². The van der Waals surface area contributed by atoms with Gasteiger partial charge in [0.05, 0.1) is 5.39 Å². The van der Waals surface area contributed by atoms with Crippen molar-refractivity contribution in [3.8, 4) is 0 Å². The van der Waals surface area contributed by atoms with Gasteiger partial charge in [-0.25, -0.2) is 13.8 Å². The van der Waals surface area contributed by atoms with Gasteiger partial charge >= 0.3 is 0 Å². The van der Waals surface area contributed by atoms with Gasteiger partial charge < -0.3 is 11.1 Å². The van der Waals surface area contributed by atoms with E-state index in [1.54, 1.807) is 12.1 Å². The molecule has 1 aliphatic rings. The normalized spacial score (nSPS) is 15.8. The lowest BCUT2D eigenvalue weighted by molar-refractivity contribution is 0.146. The summed E-state index contributed by atoms with van der Waals surface area (Å²) in [5.74, 6) is 0.910. The van der Waals surface area contributed by atoms with E-state index in [4.69, 9.17) is 5.73 Å². The second kappa shape index (κ2) is 8.47. The number of hydrogen-bond acceptors (Lipinski definition) is 6. The Balaban J connectivity index is 1.41. The molecule has 0 amide bonds. The van der Waals surface area contributed by atoms with Crippen LogP contribution in [0.2, 0.25) is 0 Å². The predicted molar refractivity (Wildman–Crippen MR) is 115 cm³/mol. The summed E-state index contributed by atoms with van der Waals surface area (Å²) in [6.45, 7) is 6.07. The molecule has 1 aliphatic heterocycles. The quantitative estimate of drug-likeness (QED) is 0.653. The number of aryl methyl sites for hydroxylation is 2. The fourth-order valence-electron chi connectivity index (χ4n) is 4.12. The first-order chi connectivity index (χ1) is 14.4. The van der Waals surface area contributed by atoms with E-state index in [0.29, 0.717) is 29.5 Å². The lowest BCUT2D eigenvalue weighted by atomic mass is 10.0. The molecule has 0 bridgehead atoms. The average Bonchev–Trinajstić information content (AvgIpc) is 2.69. The number of fused-ring (bicyclic) bond motifs is 1. The summed E-state index contributed by atoms with van der Waals surface area (Å²) < 4.78 is 26.4. The Labute approximate surface area is 174 Å². The topological polar surface area (TPSA) is 80.0 Å². The number of anilines is 2. The third kappa shape index (κ3) is 4.33. The first kappa shape index (κ1) is 20.4. The molecular weight excluding hydrogens is 386 g/mol. The highest BCUT2D eigenvalue weighted by Crippen LogP contribution is 2.26. The number of nitrogens with zero attached hydrogens (tertiary/aromatic N) is 4. The molecule has 1 saturated heterocycles. The van der Waals surface area contributed by atoms with Crippen molar-refractivity contribution in [2.24, 2.45) is 0 Å². The fraction of sp³-hybridized carbons (Fsp3) is 0.409. The van der Waals surface area contributed by atoms with Gasteiger partial charge in [0.1, 0.15) is 5.82 Å². The second-order valence-electron chi connectivity index (χ2n) is 7.91. The van der Waals surface area contributed by atoms with E-state index in [1.165, 1.54) is 6.07 Å². The lowest BCUT2D eigenvalue weighted by Crippen LogP contribution is -2.39. The molecule has 1 aromatic carbocycles. The van der Waals surface area contributed by atoms with Crippen molar-refractivity contribution in [3.05, 3.63) is 52.7 Å². The summed E-state index contributed by atoms with van der Waals surface area (Å²) >= 11 is 0. The Morgan fingerprint density at radius 1 is 1.13 bits per heavy atom. The van der Waals surface area contributed by atoms with Crippen molar-refractivity contribution in [1.29, 1.82) is 0 Å². The number of nitrogen functional groups attached to an aromatic ring is 1. The molecule has 2 aromatic heterocycles. The third-order valence-corrected chi connectivity index (χ3v) is 5.62. The largest absolute Gasteiger partial charge is 0.383 e. The van der Waals surface area contributed by atoms with E-state index >= 15 is 0 Å². The first-order valence-electron chi connectivity index (χ1n) is 10.2. The van der Waals surface area contributed by atoms with Crippen LogP contribution in [0.5, 0.6) is 0 Å². The van der Waals surface area contributed by atoms with Crippen molar-refractivity contribution in [3.63, 3.8) is 0 Å². The summed E-state index contributed by atoms with van der Waals surface area (Å²) in [5.41, 5.74) is 9.48. The van der Waals surface area contributed by atoms with Crippen molar-refractivity contribution in [2.75, 3.05) is 24.1 Å².